The molecule has 1 heterocycles. The van der Waals surface area contributed by atoms with E-state index in [1.165, 1.54) is 7.85 Å². The first-order chi connectivity index (χ1) is 7.00. The Morgan fingerprint density at radius 3 is 2.40 bits per heavy atom. The number of ether oxygens (including phenoxy) is 1. The SMILES string of the molecule is B/C=C(\F)C(F)C(F)(F)N1CCOCC1. The van der Waals surface area contributed by atoms with Crippen molar-refractivity contribution in [2.75, 3.05) is 26.3 Å². The summed E-state index contributed by atoms with van der Waals surface area (Å²) in [6, 6.07) is -3.81. The second-order valence-electron chi connectivity index (χ2n) is 3.22. The van der Waals surface area contributed by atoms with Gasteiger partial charge in [-0.3, -0.25) is 0 Å². The van der Waals surface area contributed by atoms with E-state index >= 15 is 0 Å². The molecule has 0 radical (unpaired) electrons. The van der Waals surface area contributed by atoms with Gasteiger partial charge in [0.1, 0.15) is 13.7 Å². The molecule has 15 heavy (non-hydrogen) atoms. The fraction of sp³-hybridized carbons (Fsp3) is 0.750. The molecule has 0 aromatic rings. The fourth-order valence-electron chi connectivity index (χ4n) is 1.33. The van der Waals surface area contributed by atoms with Gasteiger partial charge in [-0.25, -0.2) is 13.7 Å². The van der Waals surface area contributed by atoms with Crippen LogP contribution in [-0.4, -0.2) is 51.3 Å². The third kappa shape index (κ3) is 2.72. The van der Waals surface area contributed by atoms with Crippen LogP contribution in [0, 0.1) is 0 Å². The summed E-state index contributed by atoms with van der Waals surface area (Å²) < 4.78 is 57.4. The van der Waals surface area contributed by atoms with Crippen LogP contribution in [0.1, 0.15) is 0 Å². The van der Waals surface area contributed by atoms with Crippen molar-refractivity contribution >= 4 is 7.85 Å². The monoisotopic (exact) mass is 225 g/mol. The van der Waals surface area contributed by atoms with E-state index in [-0.39, 0.29) is 26.3 Å². The predicted molar refractivity (Wildman–Crippen MR) is 50.0 cm³/mol. The Morgan fingerprint density at radius 1 is 1.40 bits per heavy atom. The third-order valence-electron chi connectivity index (χ3n) is 2.26. The number of hydrogen-bond acceptors (Lipinski definition) is 2. The molecule has 1 unspecified atom stereocenters. The summed E-state index contributed by atoms with van der Waals surface area (Å²) in [5, 5.41) is 0. The van der Waals surface area contributed by atoms with Crippen LogP contribution in [0.4, 0.5) is 17.6 Å². The number of nitrogens with zero attached hydrogens (tertiary/aromatic N) is 1. The minimum atomic E-state index is -3.81. The fourth-order valence-corrected chi connectivity index (χ4v) is 1.33. The summed E-state index contributed by atoms with van der Waals surface area (Å²) in [5.41, 5.74) is 0. The molecule has 1 atom stereocenters. The Morgan fingerprint density at radius 2 is 1.93 bits per heavy atom. The maximum atomic E-state index is 13.4. The van der Waals surface area contributed by atoms with Crippen LogP contribution in [0.15, 0.2) is 11.8 Å². The van der Waals surface area contributed by atoms with E-state index in [2.05, 4.69) is 0 Å². The Kier molecular flexibility index (Phi) is 4.16. The molecule has 0 N–H and O–H groups in total. The van der Waals surface area contributed by atoms with Crippen molar-refractivity contribution in [3.8, 4) is 0 Å². The number of morpholine rings is 1. The summed E-state index contributed by atoms with van der Waals surface area (Å²) >= 11 is 0. The average Bonchev–Trinajstić information content (AvgIpc) is 2.28. The van der Waals surface area contributed by atoms with Crippen LogP contribution in [0.5, 0.6) is 0 Å². The van der Waals surface area contributed by atoms with Gasteiger partial charge in [0.15, 0.2) is 0 Å². The minimum absolute atomic E-state index is 0.0928. The second-order valence-corrected chi connectivity index (χ2v) is 3.22. The first-order valence-electron chi connectivity index (χ1n) is 4.66. The Labute approximate surface area is 86.3 Å². The van der Waals surface area contributed by atoms with Crippen LogP contribution in [0.25, 0.3) is 0 Å². The Balaban J connectivity index is 2.71. The summed E-state index contributed by atoms with van der Waals surface area (Å²) in [6.45, 7) is 0.0361. The lowest BCUT2D eigenvalue weighted by molar-refractivity contribution is -0.204. The normalized spacial score (nSPS) is 22.8. The van der Waals surface area contributed by atoms with Gasteiger partial charge in [-0.15, -0.1) is 0 Å². The molecule has 7 heteroatoms. The molecule has 1 saturated heterocycles. The molecular weight excluding hydrogens is 213 g/mol. The first kappa shape index (κ1) is 12.5. The summed E-state index contributed by atoms with van der Waals surface area (Å²) in [5.74, 6) is -0.731. The zero-order valence-corrected chi connectivity index (χ0v) is 8.35. The number of hydrogen-bond donors (Lipinski definition) is 0. The molecule has 0 amide bonds. The molecule has 1 rings (SSSR count). The van der Waals surface area contributed by atoms with Gasteiger partial charge >= 0.3 is 6.05 Å². The minimum Gasteiger partial charge on any atom is -0.379 e. The zero-order chi connectivity index (χ0) is 11.5. The van der Waals surface area contributed by atoms with Gasteiger partial charge in [0, 0.05) is 13.1 Å². The molecule has 0 bridgehead atoms. The van der Waals surface area contributed by atoms with Gasteiger partial charge < -0.3 is 4.74 Å². The van der Waals surface area contributed by atoms with Crippen LogP contribution >= 0.6 is 0 Å². The maximum absolute atomic E-state index is 13.4. The number of alkyl halides is 3. The van der Waals surface area contributed by atoms with Crippen molar-refractivity contribution in [3.63, 3.8) is 0 Å². The molecule has 1 aliphatic rings. The quantitative estimate of drug-likeness (QED) is 0.398. The summed E-state index contributed by atoms with van der Waals surface area (Å²) in [7, 11) is 1.18. The predicted octanol–water partition coefficient (Wildman–Crippen LogP) is 0.694. The molecule has 2 nitrogen and oxygen atoms in total. The Bertz CT molecular complexity index is 243. The van der Waals surface area contributed by atoms with Crippen molar-refractivity contribution in [1.82, 2.24) is 4.90 Å². The second kappa shape index (κ2) is 4.98. The Hall–Kier alpha value is -0.555. The molecule has 0 aromatic heterocycles. The van der Waals surface area contributed by atoms with E-state index in [0.717, 1.165) is 0 Å². The van der Waals surface area contributed by atoms with Gasteiger partial charge in [-0.2, -0.15) is 8.78 Å². The van der Waals surface area contributed by atoms with Crippen molar-refractivity contribution < 1.29 is 22.3 Å². The van der Waals surface area contributed by atoms with Crippen LogP contribution in [0.3, 0.4) is 0 Å². The van der Waals surface area contributed by atoms with E-state index in [1.54, 1.807) is 0 Å². The van der Waals surface area contributed by atoms with E-state index < -0.39 is 18.0 Å². The third-order valence-corrected chi connectivity index (χ3v) is 2.26. The highest BCUT2D eigenvalue weighted by Gasteiger charge is 2.48. The van der Waals surface area contributed by atoms with Crippen molar-refractivity contribution in [3.05, 3.63) is 11.8 Å². The number of halogens is 4. The van der Waals surface area contributed by atoms with Crippen LogP contribution < -0.4 is 0 Å². The van der Waals surface area contributed by atoms with Crippen molar-refractivity contribution in [2.45, 2.75) is 12.2 Å². The molecule has 0 spiro atoms. The molecule has 86 valence electrons. The maximum Gasteiger partial charge on any atom is 0.342 e. The lowest BCUT2D eigenvalue weighted by atomic mass is 10.1. The number of rotatable bonds is 3. The highest BCUT2D eigenvalue weighted by atomic mass is 19.3. The average molecular weight is 225 g/mol. The van der Waals surface area contributed by atoms with Crippen molar-refractivity contribution in [2.24, 2.45) is 0 Å². The lowest BCUT2D eigenvalue weighted by Gasteiger charge is -2.35. The first-order valence-corrected chi connectivity index (χ1v) is 4.66. The summed E-state index contributed by atoms with van der Waals surface area (Å²) in [4.78, 5) is 0.601. The molecule has 1 aliphatic heterocycles. The largest absolute Gasteiger partial charge is 0.379 e. The summed E-state index contributed by atoms with van der Waals surface area (Å²) in [6.07, 6.45) is -2.90. The van der Waals surface area contributed by atoms with Gasteiger partial charge in [0.05, 0.1) is 13.2 Å². The van der Waals surface area contributed by atoms with Crippen LogP contribution in [-0.2, 0) is 4.74 Å². The topological polar surface area (TPSA) is 12.5 Å². The molecule has 0 aliphatic carbocycles. The molecular formula is C8H12BF4NO. The molecule has 0 aromatic carbocycles. The zero-order valence-electron chi connectivity index (χ0n) is 8.35. The van der Waals surface area contributed by atoms with Gasteiger partial charge in [-0.05, 0) is 0 Å². The van der Waals surface area contributed by atoms with Gasteiger partial charge in [0.25, 0.3) is 0 Å². The molecule has 0 saturated carbocycles. The molecule has 1 fully saturated rings. The van der Waals surface area contributed by atoms with E-state index in [0.29, 0.717) is 10.9 Å². The van der Waals surface area contributed by atoms with Gasteiger partial charge in [-0.1, -0.05) is 5.98 Å². The standard InChI is InChI=1S/C8H12BF4NO/c9-5-6(10)7(11)8(12,13)14-1-3-15-4-2-14/h5,7H,1-4,9H2/b6-5-. The van der Waals surface area contributed by atoms with E-state index in [4.69, 9.17) is 4.74 Å². The van der Waals surface area contributed by atoms with Crippen LogP contribution in [0.2, 0.25) is 0 Å². The van der Waals surface area contributed by atoms with Gasteiger partial charge in [0.2, 0.25) is 6.17 Å². The smallest absolute Gasteiger partial charge is 0.342 e. The highest BCUT2D eigenvalue weighted by molar-refractivity contribution is 6.17. The van der Waals surface area contributed by atoms with E-state index in [1.807, 2.05) is 0 Å². The van der Waals surface area contributed by atoms with Crippen molar-refractivity contribution in [1.29, 1.82) is 0 Å². The highest BCUT2D eigenvalue weighted by Crippen LogP contribution is 2.31. The lowest BCUT2D eigenvalue weighted by Crippen LogP contribution is -2.53. The van der Waals surface area contributed by atoms with E-state index in [9.17, 15) is 17.6 Å².